The summed E-state index contributed by atoms with van der Waals surface area (Å²) in [6.45, 7) is 7.67. The molecular weight excluding hydrogens is 224 g/mol. The van der Waals surface area contributed by atoms with Crippen LogP contribution in [0.4, 0.5) is 5.13 Å². The Morgan fingerprint density at radius 2 is 2.56 bits per heavy atom. The zero-order valence-electron chi connectivity index (χ0n) is 9.72. The number of aromatic nitrogens is 2. The molecule has 1 unspecified atom stereocenters. The zero-order chi connectivity index (χ0) is 11.4. The average molecular weight is 242 g/mol. The number of hydrogen-bond donors (Lipinski definition) is 1. The van der Waals surface area contributed by atoms with E-state index in [0.29, 0.717) is 12.1 Å². The molecule has 0 aliphatic carbocycles. The molecule has 0 bridgehead atoms. The van der Waals surface area contributed by atoms with Crippen molar-refractivity contribution < 1.29 is 4.74 Å². The van der Waals surface area contributed by atoms with Gasteiger partial charge < -0.3 is 15.0 Å². The maximum Gasteiger partial charge on any atom is 0.205 e. The van der Waals surface area contributed by atoms with Crippen LogP contribution in [0, 0.1) is 0 Å². The lowest BCUT2D eigenvalue weighted by Crippen LogP contribution is -2.51. The molecule has 5 nitrogen and oxygen atoms in total. The Hall–Kier alpha value is -0.720. The standard InChI is InChI=1S/C10H18N4OS/c1-8(2)11-5-9-6-15-4-3-14(9)10-12-7-13-16-10/h7-9,11H,3-6H2,1-2H3. The predicted molar refractivity (Wildman–Crippen MR) is 65.0 cm³/mol. The molecule has 0 amide bonds. The Morgan fingerprint density at radius 3 is 3.25 bits per heavy atom. The van der Waals surface area contributed by atoms with E-state index in [9.17, 15) is 0 Å². The summed E-state index contributed by atoms with van der Waals surface area (Å²) in [5, 5.41) is 4.44. The summed E-state index contributed by atoms with van der Waals surface area (Å²) in [5.41, 5.74) is 0. The molecule has 0 aromatic carbocycles. The van der Waals surface area contributed by atoms with Gasteiger partial charge in [0.2, 0.25) is 5.13 Å². The number of hydrogen-bond acceptors (Lipinski definition) is 6. The SMILES string of the molecule is CC(C)NCC1COCCN1c1ncns1. The van der Waals surface area contributed by atoms with E-state index >= 15 is 0 Å². The van der Waals surface area contributed by atoms with Crippen LogP contribution in [0.1, 0.15) is 13.8 Å². The van der Waals surface area contributed by atoms with Crippen LogP contribution in [-0.2, 0) is 4.74 Å². The summed E-state index contributed by atoms with van der Waals surface area (Å²) in [6.07, 6.45) is 1.61. The van der Waals surface area contributed by atoms with Crippen molar-refractivity contribution in [2.75, 3.05) is 31.2 Å². The molecule has 1 aliphatic heterocycles. The lowest BCUT2D eigenvalue weighted by atomic mass is 10.2. The van der Waals surface area contributed by atoms with Gasteiger partial charge in [-0.15, -0.1) is 0 Å². The van der Waals surface area contributed by atoms with Crippen LogP contribution >= 0.6 is 11.5 Å². The van der Waals surface area contributed by atoms with Crippen LogP contribution in [0.3, 0.4) is 0 Å². The lowest BCUT2D eigenvalue weighted by Gasteiger charge is -2.35. The van der Waals surface area contributed by atoms with E-state index in [2.05, 4.69) is 33.4 Å². The molecular formula is C10H18N4OS. The molecule has 1 saturated heterocycles. The first-order chi connectivity index (χ1) is 7.77. The molecule has 1 atom stereocenters. The molecule has 2 heterocycles. The van der Waals surface area contributed by atoms with Gasteiger partial charge in [-0.1, -0.05) is 13.8 Å². The summed E-state index contributed by atoms with van der Waals surface area (Å²) in [7, 11) is 0. The fraction of sp³-hybridized carbons (Fsp3) is 0.800. The third kappa shape index (κ3) is 2.90. The molecule has 2 rings (SSSR count). The highest BCUT2D eigenvalue weighted by atomic mass is 32.1. The molecule has 16 heavy (non-hydrogen) atoms. The number of anilines is 1. The maximum atomic E-state index is 5.52. The molecule has 90 valence electrons. The van der Waals surface area contributed by atoms with Crippen molar-refractivity contribution >= 4 is 16.7 Å². The molecule has 1 N–H and O–H groups in total. The maximum absolute atomic E-state index is 5.52. The number of rotatable bonds is 4. The van der Waals surface area contributed by atoms with Crippen LogP contribution in [-0.4, -0.2) is 47.7 Å². The quantitative estimate of drug-likeness (QED) is 0.844. The highest BCUT2D eigenvalue weighted by Crippen LogP contribution is 2.19. The molecule has 0 saturated carbocycles. The summed E-state index contributed by atoms with van der Waals surface area (Å²) in [4.78, 5) is 6.56. The van der Waals surface area contributed by atoms with Gasteiger partial charge >= 0.3 is 0 Å². The molecule has 0 spiro atoms. The van der Waals surface area contributed by atoms with E-state index in [4.69, 9.17) is 4.74 Å². The minimum atomic E-state index is 0.365. The third-order valence-electron chi connectivity index (χ3n) is 2.58. The number of morpholine rings is 1. The topological polar surface area (TPSA) is 50.3 Å². The van der Waals surface area contributed by atoms with Crippen molar-refractivity contribution in [3.63, 3.8) is 0 Å². The molecule has 1 aromatic heterocycles. The second kappa shape index (κ2) is 5.56. The Bertz CT molecular complexity index is 304. The minimum absolute atomic E-state index is 0.365. The molecule has 1 fully saturated rings. The van der Waals surface area contributed by atoms with Gasteiger partial charge in [0.25, 0.3) is 0 Å². The van der Waals surface area contributed by atoms with Gasteiger partial charge in [0.15, 0.2) is 0 Å². The van der Waals surface area contributed by atoms with Crippen molar-refractivity contribution in [2.24, 2.45) is 0 Å². The Morgan fingerprint density at radius 1 is 1.69 bits per heavy atom. The normalized spacial score (nSPS) is 21.7. The third-order valence-corrected chi connectivity index (χ3v) is 3.29. The fourth-order valence-corrected chi connectivity index (χ4v) is 2.37. The van der Waals surface area contributed by atoms with Crippen LogP contribution in [0.5, 0.6) is 0 Å². The first-order valence-corrected chi connectivity index (χ1v) is 6.39. The van der Waals surface area contributed by atoms with Gasteiger partial charge in [0.05, 0.1) is 19.3 Å². The summed E-state index contributed by atoms with van der Waals surface area (Å²) in [5.74, 6) is 0. The van der Waals surface area contributed by atoms with E-state index in [1.807, 2.05) is 0 Å². The van der Waals surface area contributed by atoms with Gasteiger partial charge in [0.1, 0.15) is 6.33 Å². The second-order valence-corrected chi connectivity index (χ2v) is 4.97. The summed E-state index contributed by atoms with van der Waals surface area (Å²) in [6, 6.07) is 0.863. The first kappa shape index (κ1) is 11.8. The Labute approximate surface area is 100.0 Å². The number of nitrogens with zero attached hydrogens (tertiary/aromatic N) is 3. The van der Waals surface area contributed by atoms with Crippen molar-refractivity contribution in [2.45, 2.75) is 25.9 Å². The smallest absolute Gasteiger partial charge is 0.205 e. The highest BCUT2D eigenvalue weighted by molar-refractivity contribution is 7.09. The number of ether oxygens (including phenoxy) is 1. The van der Waals surface area contributed by atoms with Crippen molar-refractivity contribution in [1.82, 2.24) is 14.7 Å². The van der Waals surface area contributed by atoms with Gasteiger partial charge in [-0.25, -0.2) is 4.98 Å². The summed E-state index contributed by atoms with van der Waals surface area (Å²) < 4.78 is 9.57. The second-order valence-electron chi connectivity index (χ2n) is 4.21. The largest absolute Gasteiger partial charge is 0.377 e. The monoisotopic (exact) mass is 242 g/mol. The van der Waals surface area contributed by atoms with Crippen LogP contribution in [0.25, 0.3) is 0 Å². The minimum Gasteiger partial charge on any atom is -0.377 e. The number of nitrogens with one attached hydrogen (secondary N) is 1. The molecule has 1 aromatic rings. The van der Waals surface area contributed by atoms with Crippen molar-refractivity contribution in [3.05, 3.63) is 6.33 Å². The van der Waals surface area contributed by atoms with Gasteiger partial charge in [-0.2, -0.15) is 4.37 Å². The van der Waals surface area contributed by atoms with Gasteiger partial charge in [-0.05, 0) is 0 Å². The fourth-order valence-electron chi connectivity index (χ4n) is 1.74. The van der Waals surface area contributed by atoms with E-state index in [0.717, 1.165) is 31.4 Å². The van der Waals surface area contributed by atoms with E-state index in [1.165, 1.54) is 11.5 Å². The van der Waals surface area contributed by atoms with Crippen molar-refractivity contribution in [1.29, 1.82) is 0 Å². The molecule has 6 heteroatoms. The van der Waals surface area contributed by atoms with Crippen LogP contribution < -0.4 is 10.2 Å². The predicted octanol–water partition coefficient (Wildman–Crippen LogP) is 0.741. The van der Waals surface area contributed by atoms with Gasteiger partial charge in [0, 0.05) is 30.7 Å². The van der Waals surface area contributed by atoms with E-state index in [-0.39, 0.29) is 0 Å². The zero-order valence-corrected chi connectivity index (χ0v) is 10.5. The van der Waals surface area contributed by atoms with E-state index in [1.54, 1.807) is 6.33 Å². The Kier molecular flexibility index (Phi) is 4.09. The molecule has 1 aliphatic rings. The summed E-state index contributed by atoms with van der Waals surface area (Å²) >= 11 is 1.45. The Balaban J connectivity index is 1.97. The lowest BCUT2D eigenvalue weighted by molar-refractivity contribution is 0.0932. The average Bonchev–Trinajstić information content (AvgIpc) is 2.80. The van der Waals surface area contributed by atoms with Gasteiger partial charge in [-0.3, -0.25) is 0 Å². The van der Waals surface area contributed by atoms with E-state index < -0.39 is 0 Å². The highest BCUT2D eigenvalue weighted by Gasteiger charge is 2.25. The van der Waals surface area contributed by atoms with Crippen molar-refractivity contribution in [3.8, 4) is 0 Å². The van der Waals surface area contributed by atoms with Crippen LogP contribution in [0.2, 0.25) is 0 Å². The molecule has 0 radical (unpaired) electrons. The first-order valence-electron chi connectivity index (χ1n) is 5.62. The van der Waals surface area contributed by atoms with Crippen LogP contribution in [0.15, 0.2) is 6.33 Å².